The minimum Gasteiger partial charge on any atom is -0.494 e. The van der Waals surface area contributed by atoms with Crippen molar-refractivity contribution in [2.75, 3.05) is 6.61 Å². The molecule has 0 aliphatic heterocycles. The summed E-state index contributed by atoms with van der Waals surface area (Å²) in [5.41, 5.74) is 2.63. The second-order valence-electron chi connectivity index (χ2n) is 5.58. The SMILES string of the molecule is c1cc(OCCCc2cnc[nH]2)cc(C2CCCC2)c1. The maximum Gasteiger partial charge on any atom is 0.119 e. The van der Waals surface area contributed by atoms with Crippen LogP contribution < -0.4 is 4.74 Å². The highest BCUT2D eigenvalue weighted by Gasteiger charge is 2.17. The van der Waals surface area contributed by atoms with E-state index in [1.807, 2.05) is 6.20 Å². The third-order valence-electron chi connectivity index (χ3n) is 4.10. The Hall–Kier alpha value is -1.77. The van der Waals surface area contributed by atoms with Crippen molar-refractivity contribution in [3.05, 3.63) is 48.0 Å². The van der Waals surface area contributed by atoms with Crippen LogP contribution in [0.15, 0.2) is 36.8 Å². The maximum absolute atomic E-state index is 5.87. The van der Waals surface area contributed by atoms with E-state index in [-0.39, 0.29) is 0 Å². The molecular weight excluding hydrogens is 248 g/mol. The van der Waals surface area contributed by atoms with Crippen LogP contribution in [-0.2, 0) is 6.42 Å². The molecule has 0 spiro atoms. The van der Waals surface area contributed by atoms with Crippen molar-refractivity contribution in [1.29, 1.82) is 0 Å². The minimum atomic E-state index is 0.753. The fourth-order valence-corrected chi connectivity index (χ4v) is 2.99. The molecule has 0 atom stereocenters. The molecule has 0 unspecified atom stereocenters. The van der Waals surface area contributed by atoms with Crippen LogP contribution in [0.5, 0.6) is 5.75 Å². The number of ether oxygens (including phenoxy) is 1. The average Bonchev–Trinajstić information content (AvgIpc) is 3.17. The Morgan fingerprint density at radius 1 is 1.25 bits per heavy atom. The lowest BCUT2D eigenvalue weighted by Crippen LogP contribution is -2.00. The highest BCUT2D eigenvalue weighted by atomic mass is 16.5. The molecule has 106 valence electrons. The van der Waals surface area contributed by atoms with Crippen LogP contribution in [0.2, 0.25) is 0 Å². The smallest absolute Gasteiger partial charge is 0.119 e. The molecule has 3 heteroatoms. The van der Waals surface area contributed by atoms with E-state index in [0.29, 0.717) is 0 Å². The van der Waals surface area contributed by atoms with E-state index in [2.05, 4.69) is 34.2 Å². The number of rotatable bonds is 6. The van der Waals surface area contributed by atoms with Gasteiger partial charge in [-0.1, -0.05) is 25.0 Å². The van der Waals surface area contributed by atoms with Crippen LogP contribution in [0, 0.1) is 0 Å². The molecule has 1 fully saturated rings. The number of hydrogen-bond donors (Lipinski definition) is 1. The molecule has 0 radical (unpaired) electrons. The summed E-state index contributed by atoms with van der Waals surface area (Å²) >= 11 is 0. The zero-order chi connectivity index (χ0) is 13.6. The van der Waals surface area contributed by atoms with Crippen LogP contribution in [0.25, 0.3) is 0 Å². The summed E-state index contributed by atoms with van der Waals surface area (Å²) in [6.07, 6.45) is 11.0. The number of hydrogen-bond acceptors (Lipinski definition) is 2. The van der Waals surface area contributed by atoms with E-state index < -0.39 is 0 Å². The molecule has 0 bridgehead atoms. The lowest BCUT2D eigenvalue weighted by Gasteiger charge is -2.12. The van der Waals surface area contributed by atoms with Gasteiger partial charge in [0.15, 0.2) is 0 Å². The minimum absolute atomic E-state index is 0.753. The van der Waals surface area contributed by atoms with Gasteiger partial charge in [0.2, 0.25) is 0 Å². The highest BCUT2D eigenvalue weighted by Crippen LogP contribution is 2.35. The lowest BCUT2D eigenvalue weighted by atomic mass is 9.98. The Morgan fingerprint density at radius 2 is 2.15 bits per heavy atom. The van der Waals surface area contributed by atoms with Crippen LogP contribution in [0.3, 0.4) is 0 Å². The third kappa shape index (κ3) is 3.41. The van der Waals surface area contributed by atoms with Gasteiger partial charge in [-0.05, 0) is 49.3 Å². The molecule has 1 aliphatic rings. The second kappa shape index (κ2) is 6.60. The Labute approximate surface area is 120 Å². The Balaban J connectivity index is 1.48. The zero-order valence-corrected chi connectivity index (χ0v) is 11.8. The third-order valence-corrected chi connectivity index (χ3v) is 4.10. The summed E-state index contributed by atoms with van der Waals surface area (Å²) < 4.78 is 5.87. The van der Waals surface area contributed by atoms with Crippen LogP contribution in [0.4, 0.5) is 0 Å². The number of nitrogens with one attached hydrogen (secondary N) is 1. The van der Waals surface area contributed by atoms with E-state index in [1.165, 1.54) is 36.9 Å². The van der Waals surface area contributed by atoms with Gasteiger partial charge in [0.25, 0.3) is 0 Å². The van der Waals surface area contributed by atoms with Crippen molar-refractivity contribution in [3.8, 4) is 5.75 Å². The van der Waals surface area contributed by atoms with Gasteiger partial charge >= 0.3 is 0 Å². The first-order valence-electron chi connectivity index (χ1n) is 7.62. The van der Waals surface area contributed by atoms with Gasteiger partial charge < -0.3 is 9.72 Å². The van der Waals surface area contributed by atoms with Crippen molar-refractivity contribution in [2.45, 2.75) is 44.4 Å². The Kier molecular flexibility index (Phi) is 4.36. The molecule has 1 N–H and O–H groups in total. The van der Waals surface area contributed by atoms with Crippen LogP contribution in [-0.4, -0.2) is 16.6 Å². The number of imidazole rings is 1. The molecule has 0 amide bonds. The number of aryl methyl sites for hydroxylation is 1. The first-order chi connectivity index (χ1) is 9.92. The van der Waals surface area contributed by atoms with Crippen molar-refractivity contribution in [1.82, 2.24) is 9.97 Å². The number of nitrogens with zero attached hydrogens (tertiary/aromatic N) is 1. The predicted octanol–water partition coefficient (Wildman–Crippen LogP) is 4.08. The van der Waals surface area contributed by atoms with Crippen LogP contribution >= 0.6 is 0 Å². The predicted molar refractivity (Wildman–Crippen MR) is 80.1 cm³/mol. The quantitative estimate of drug-likeness (QED) is 0.803. The van der Waals surface area contributed by atoms with Gasteiger partial charge in [-0.3, -0.25) is 0 Å². The Morgan fingerprint density at radius 3 is 2.95 bits per heavy atom. The number of aromatic nitrogens is 2. The van der Waals surface area contributed by atoms with Crippen molar-refractivity contribution in [2.24, 2.45) is 0 Å². The lowest BCUT2D eigenvalue weighted by molar-refractivity contribution is 0.310. The number of benzene rings is 1. The molecule has 3 rings (SSSR count). The molecule has 20 heavy (non-hydrogen) atoms. The van der Waals surface area contributed by atoms with Gasteiger partial charge in [0.1, 0.15) is 5.75 Å². The highest BCUT2D eigenvalue weighted by molar-refractivity contribution is 5.31. The average molecular weight is 270 g/mol. The van der Waals surface area contributed by atoms with Crippen molar-refractivity contribution in [3.63, 3.8) is 0 Å². The molecule has 0 saturated heterocycles. The molecule has 1 heterocycles. The number of H-pyrrole nitrogens is 1. The van der Waals surface area contributed by atoms with Crippen LogP contribution in [0.1, 0.15) is 49.3 Å². The molecular formula is C17H22N2O. The van der Waals surface area contributed by atoms with Gasteiger partial charge in [-0.15, -0.1) is 0 Å². The number of aromatic amines is 1. The van der Waals surface area contributed by atoms with E-state index in [4.69, 9.17) is 4.74 Å². The zero-order valence-electron chi connectivity index (χ0n) is 11.8. The Bertz CT molecular complexity index is 516. The monoisotopic (exact) mass is 270 g/mol. The fourth-order valence-electron chi connectivity index (χ4n) is 2.99. The molecule has 1 saturated carbocycles. The molecule has 2 aromatic rings. The van der Waals surface area contributed by atoms with Gasteiger partial charge in [0, 0.05) is 11.9 Å². The summed E-state index contributed by atoms with van der Waals surface area (Å²) in [6, 6.07) is 8.66. The summed E-state index contributed by atoms with van der Waals surface area (Å²) in [6.45, 7) is 0.757. The van der Waals surface area contributed by atoms with Gasteiger partial charge in [-0.2, -0.15) is 0 Å². The first kappa shape index (κ1) is 13.2. The summed E-state index contributed by atoms with van der Waals surface area (Å²) in [7, 11) is 0. The summed E-state index contributed by atoms with van der Waals surface area (Å²) in [5, 5.41) is 0. The van der Waals surface area contributed by atoms with E-state index in [0.717, 1.165) is 31.1 Å². The molecule has 1 aliphatic carbocycles. The first-order valence-corrected chi connectivity index (χ1v) is 7.62. The largest absolute Gasteiger partial charge is 0.494 e. The van der Waals surface area contributed by atoms with Crippen molar-refractivity contribution < 1.29 is 4.74 Å². The second-order valence-corrected chi connectivity index (χ2v) is 5.58. The molecule has 1 aromatic carbocycles. The normalized spacial score (nSPS) is 15.6. The maximum atomic E-state index is 5.87. The van der Waals surface area contributed by atoms with Gasteiger partial charge in [0.05, 0.1) is 12.9 Å². The molecule has 1 aromatic heterocycles. The summed E-state index contributed by atoms with van der Waals surface area (Å²) in [4.78, 5) is 7.13. The van der Waals surface area contributed by atoms with Crippen molar-refractivity contribution >= 4 is 0 Å². The van der Waals surface area contributed by atoms with Gasteiger partial charge in [-0.25, -0.2) is 4.98 Å². The topological polar surface area (TPSA) is 37.9 Å². The van der Waals surface area contributed by atoms with E-state index >= 15 is 0 Å². The molecule has 3 nitrogen and oxygen atoms in total. The fraction of sp³-hybridized carbons (Fsp3) is 0.471. The summed E-state index contributed by atoms with van der Waals surface area (Å²) in [5.74, 6) is 1.77. The van der Waals surface area contributed by atoms with E-state index in [9.17, 15) is 0 Å². The van der Waals surface area contributed by atoms with E-state index in [1.54, 1.807) is 6.33 Å². The standard InChI is InChI=1S/C17H22N2O/c1-2-6-14(5-1)15-7-3-9-17(11-15)20-10-4-8-16-12-18-13-19-16/h3,7,9,11-14H,1-2,4-6,8,10H2,(H,18,19).